The Morgan fingerprint density at radius 3 is 2.52 bits per heavy atom. The smallest absolute Gasteiger partial charge is 0.235 e. The van der Waals surface area contributed by atoms with Gasteiger partial charge < -0.3 is 14.8 Å². The monoisotopic (exact) mass is 420 g/mol. The predicted molar refractivity (Wildman–Crippen MR) is 118 cm³/mol. The van der Waals surface area contributed by atoms with Crippen LogP contribution in [0.25, 0.3) is 11.0 Å². The molecule has 0 radical (unpaired) electrons. The van der Waals surface area contributed by atoms with Gasteiger partial charge in [0.1, 0.15) is 11.4 Å². The number of methoxy groups -OCH3 is 1. The number of carbonyl (C=O) groups is 1. The molecule has 7 nitrogen and oxygen atoms in total. The number of pyridine rings is 1. The molecular weight excluding hydrogens is 392 g/mol. The van der Waals surface area contributed by atoms with Crippen LogP contribution in [0.3, 0.4) is 0 Å². The van der Waals surface area contributed by atoms with E-state index in [4.69, 9.17) is 9.47 Å². The number of hydrogen-bond acceptors (Lipinski definition) is 6. The standard InChI is InChI=1S/C24H28N4O3/c1-16-22(8-5-15-25-16)31-18-11-9-17(10-12-18)26-23(29)14-13-21-24(30-2)28-20-7-4-3-6-19(20)27-21/h3-8,15,17-18H,9-14H2,1-2H3,(H,26,29). The van der Waals surface area contributed by atoms with Gasteiger partial charge in [0.25, 0.3) is 0 Å². The van der Waals surface area contributed by atoms with Gasteiger partial charge in [-0.1, -0.05) is 12.1 Å². The number of hydrogen-bond donors (Lipinski definition) is 1. The first-order valence-corrected chi connectivity index (χ1v) is 10.8. The highest BCUT2D eigenvalue weighted by molar-refractivity contribution is 5.77. The summed E-state index contributed by atoms with van der Waals surface area (Å²) < 4.78 is 11.5. The van der Waals surface area contributed by atoms with Crippen molar-refractivity contribution in [3.8, 4) is 11.6 Å². The quantitative estimate of drug-likeness (QED) is 0.626. The van der Waals surface area contributed by atoms with Crippen molar-refractivity contribution in [3.63, 3.8) is 0 Å². The second-order valence-corrected chi connectivity index (χ2v) is 7.91. The van der Waals surface area contributed by atoms with Crippen LogP contribution in [0.15, 0.2) is 42.6 Å². The minimum Gasteiger partial charge on any atom is -0.489 e. The SMILES string of the molecule is COc1nc2ccccc2nc1CCC(=O)NC1CCC(Oc2cccnc2C)CC1. The van der Waals surface area contributed by atoms with Gasteiger partial charge in [-0.25, -0.2) is 9.97 Å². The number of aromatic nitrogens is 3. The van der Waals surface area contributed by atoms with E-state index >= 15 is 0 Å². The summed E-state index contributed by atoms with van der Waals surface area (Å²) >= 11 is 0. The van der Waals surface area contributed by atoms with Crippen molar-refractivity contribution in [3.05, 3.63) is 54.0 Å². The molecule has 1 aliphatic carbocycles. The lowest BCUT2D eigenvalue weighted by Gasteiger charge is -2.29. The van der Waals surface area contributed by atoms with Crippen LogP contribution in [0.1, 0.15) is 43.5 Å². The van der Waals surface area contributed by atoms with Crippen molar-refractivity contribution >= 4 is 16.9 Å². The van der Waals surface area contributed by atoms with E-state index in [0.29, 0.717) is 24.4 Å². The van der Waals surface area contributed by atoms with Crippen molar-refractivity contribution in [1.82, 2.24) is 20.3 Å². The van der Waals surface area contributed by atoms with Crippen LogP contribution in [0.5, 0.6) is 11.6 Å². The molecular formula is C24H28N4O3. The zero-order valence-corrected chi connectivity index (χ0v) is 18.0. The van der Waals surface area contributed by atoms with Gasteiger partial charge in [-0.15, -0.1) is 0 Å². The molecule has 0 bridgehead atoms. The fourth-order valence-corrected chi connectivity index (χ4v) is 3.98. The highest BCUT2D eigenvalue weighted by Gasteiger charge is 2.24. The average Bonchev–Trinajstić information content (AvgIpc) is 2.80. The van der Waals surface area contributed by atoms with E-state index < -0.39 is 0 Å². The number of amides is 1. The van der Waals surface area contributed by atoms with Crippen LogP contribution >= 0.6 is 0 Å². The van der Waals surface area contributed by atoms with Gasteiger partial charge in [0.2, 0.25) is 11.8 Å². The Balaban J connectivity index is 1.26. The lowest BCUT2D eigenvalue weighted by atomic mass is 9.92. The molecule has 4 rings (SSSR count). The molecule has 1 N–H and O–H groups in total. The van der Waals surface area contributed by atoms with Crippen LogP contribution in [-0.4, -0.2) is 40.1 Å². The van der Waals surface area contributed by atoms with Crippen molar-refractivity contribution < 1.29 is 14.3 Å². The minimum absolute atomic E-state index is 0.0319. The van der Waals surface area contributed by atoms with E-state index in [1.807, 2.05) is 43.3 Å². The van der Waals surface area contributed by atoms with Crippen LogP contribution < -0.4 is 14.8 Å². The number of nitrogens with one attached hydrogen (secondary N) is 1. The summed E-state index contributed by atoms with van der Waals surface area (Å²) in [6, 6.07) is 11.7. The van der Waals surface area contributed by atoms with E-state index in [9.17, 15) is 4.79 Å². The Bertz CT molecular complexity index is 1050. The largest absolute Gasteiger partial charge is 0.489 e. The molecule has 162 valence electrons. The highest BCUT2D eigenvalue weighted by Crippen LogP contribution is 2.25. The third-order valence-electron chi connectivity index (χ3n) is 5.68. The Morgan fingerprint density at radius 1 is 1.06 bits per heavy atom. The molecule has 0 atom stereocenters. The molecule has 0 spiro atoms. The summed E-state index contributed by atoms with van der Waals surface area (Å²) in [6.07, 6.45) is 6.46. The normalized spacial score (nSPS) is 18.5. The Hall–Kier alpha value is -3.22. The number of fused-ring (bicyclic) bond motifs is 1. The first-order chi connectivity index (χ1) is 15.1. The van der Waals surface area contributed by atoms with Gasteiger partial charge in [0.05, 0.1) is 29.9 Å². The van der Waals surface area contributed by atoms with Gasteiger partial charge in [-0.05, 0) is 56.9 Å². The third-order valence-corrected chi connectivity index (χ3v) is 5.68. The Labute approximate surface area is 182 Å². The number of para-hydroxylation sites is 2. The second kappa shape index (κ2) is 9.73. The lowest BCUT2D eigenvalue weighted by Crippen LogP contribution is -2.39. The molecule has 1 aliphatic rings. The molecule has 1 amide bonds. The molecule has 1 saturated carbocycles. The maximum Gasteiger partial charge on any atom is 0.235 e. The maximum absolute atomic E-state index is 12.5. The van der Waals surface area contributed by atoms with Gasteiger partial charge in [-0.3, -0.25) is 9.78 Å². The second-order valence-electron chi connectivity index (χ2n) is 7.91. The molecule has 31 heavy (non-hydrogen) atoms. The molecule has 1 fully saturated rings. The van der Waals surface area contributed by atoms with Crippen LogP contribution in [0.2, 0.25) is 0 Å². The zero-order chi connectivity index (χ0) is 21.6. The number of benzene rings is 1. The predicted octanol–water partition coefficient (Wildman–Crippen LogP) is 3.78. The highest BCUT2D eigenvalue weighted by atomic mass is 16.5. The van der Waals surface area contributed by atoms with E-state index in [1.165, 1.54) is 0 Å². The number of carbonyl (C=O) groups excluding carboxylic acids is 1. The molecule has 7 heteroatoms. The lowest BCUT2D eigenvalue weighted by molar-refractivity contribution is -0.122. The summed E-state index contributed by atoms with van der Waals surface area (Å²) in [5.74, 6) is 1.36. The fourth-order valence-electron chi connectivity index (χ4n) is 3.98. The third kappa shape index (κ3) is 5.29. The van der Waals surface area contributed by atoms with Gasteiger partial charge in [0.15, 0.2) is 0 Å². The van der Waals surface area contributed by atoms with Crippen LogP contribution in [0, 0.1) is 6.92 Å². The molecule has 0 saturated heterocycles. The molecule has 2 heterocycles. The minimum atomic E-state index is 0.0319. The van der Waals surface area contributed by atoms with E-state index in [0.717, 1.165) is 48.2 Å². The number of nitrogens with zero attached hydrogens (tertiary/aromatic N) is 3. The van der Waals surface area contributed by atoms with E-state index in [1.54, 1.807) is 13.3 Å². The molecule has 3 aromatic rings. The van der Waals surface area contributed by atoms with Crippen molar-refractivity contribution in [2.45, 2.75) is 57.6 Å². The summed E-state index contributed by atoms with van der Waals surface area (Å²) in [6.45, 7) is 1.95. The van der Waals surface area contributed by atoms with E-state index in [-0.39, 0.29) is 18.1 Å². The summed E-state index contributed by atoms with van der Waals surface area (Å²) in [5, 5.41) is 3.16. The first-order valence-electron chi connectivity index (χ1n) is 10.8. The first kappa shape index (κ1) is 21.0. The zero-order valence-electron chi connectivity index (χ0n) is 18.0. The topological polar surface area (TPSA) is 86.2 Å². The van der Waals surface area contributed by atoms with Crippen molar-refractivity contribution in [2.24, 2.45) is 0 Å². The van der Waals surface area contributed by atoms with Crippen molar-refractivity contribution in [1.29, 1.82) is 0 Å². The maximum atomic E-state index is 12.5. The molecule has 1 aromatic carbocycles. The molecule has 2 aromatic heterocycles. The fraction of sp³-hybridized carbons (Fsp3) is 0.417. The number of ether oxygens (including phenoxy) is 2. The number of aryl methyl sites for hydroxylation is 2. The molecule has 0 unspecified atom stereocenters. The van der Waals surface area contributed by atoms with Gasteiger partial charge >= 0.3 is 0 Å². The Kier molecular flexibility index (Phi) is 6.60. The Morgan fingerprint density at radius 2 is 1.81 bits per heavy atom. The van der Waals surface area contributed by atoms with E-state index in [2.05, 4.69) is 20.3 Å². The van der Waals surface area contributed by atoms with Gasteiger partial charge in [0, 0.05) is 25.1 Å². The number of rotatable bonds is 7. The van der Waals surface area contributed by atoms with Crippen molar-refractivity contribution in [2.75, 3.05) is 7.11 Å². The van der Waals surface area contributed by atoms with Gasteiger partial charge in [-0.2, -0.15) is 0 Å². The summed E-state index contributed by atoms with van der Waals surface area (Å²) in [7, 11) is 1.58. The summed E-state index contributed by atoms with van der Waals surface area (Å²) in [4.78, 5) is 25.9. The molecule has 0 aliphatic heterocycles. The van der Waals surface area contributed by atoms with Crippen LogP contribution in [0.4, 0.5) is 0 Å². The summed E-state index contributed by atoms with van der Waals surface area (Å²) in [5.41, 5.74) is 3.21. The average molecular weight is 421 g/mol. The van der Waals surface area contributed by atoms with Crippen LogP contribution in [-0.2, 0) is 11.2 Å².